The summed E-state index contributed by atoms with van der Waals surface area (Å²) in [6, 6.07) is 13.8. The van der Waals surface area contributed by atoms with Crippen molar-refractivity contribution in [1.82, 2.24) is 0 Å². The Balaban J connectivity index is 1.74. The molecule has 4 nitrogen and oxygen atoms in total. The SMILES string of the molecule is CC1(C)OB(c2cccc3c2Nc2ccccc2O3)OC1(C)C. The van der Waals surface area contributed by atoms with Crippen LogP contribution in [0.1, 0.15) is 27.7 Å². The third-order valence-electron chi connectivity index (χ3n) is 4.93. The minimum absolute atomic E-state index is 0.367. The number of nitrogens with one attached hydrogen (secondary N) is 1. The molecule has 0 amide bonds. The Labute approximate surface area is 136 Å². The fraction of sp³-hybridized carbons (Fsp3) is 0.333. The molecule has 0 spiro atoms. The molecular formula is C18H20BNO3. The van der Waals surface area contributed by atoms with Crippen molar-refractivity contribution in [2.75, 3.05) is 5.32 Å². The van der Waals surface area contributed by atoms with Gasteiger partial charge in [-0.05, 0) is 45.9 Å². The van der Waals surface area contributed by atoms with E-state index in [2.05, 4.69) is 33.0 Å². The van der Waals surface area contributed by atoms with Gasteiger partial charge in [-0.3, -0.25) is 0 Å². The van der Waals surface area contributed by atoms with Gasteiger partial charge in [-0.1, -0.05) is 24.3 Å². The summed E-state index contributed by atoms with van der Waals surface area (Å²) in [4.78, 5) is 0. The van der Waals surface area contributed by atoms with E-state index in [0.29, 0.717) is 0 Å². The molecule has 0 atom stereocenters. The zero-order chi connectivity index (χ0) is 16.2. The van der Waals surface area contributed by atoms with Gasteiger partial charge in [0.25, 0.3) is 0 Å². The molecule has 0 saturated carbocycles. The summed E-state index contributed by atoms with van der Waals surface area (Å²) in [6.07, 6.45) is 0. The number of hydrogen-bond acceptors (Lipinski definition) is 4. The Hall–Kier alpha value is -1.98. The van der Waals surface area contributed by atoms with Crippen molar-refractivity contribution in [3.63, 3.8) is 0 Å². The van der Waals surface area contributed by atoms with Crippen molar-refractivity contribution >= 4 is 24.0 Å². The number of rotatable bonds is 1. The average molecular weight is 309 g/mol. The van der Waals surface area contributed by atoms with E-state index in [1.165, 1.54) is 0 Å². The molecule has 0 radical (unpaired) electrons. The summed E-state index contributed by atoms with van der Waals surface area (Å²) in [7, 11) is -0.420. The molecule has 2 aromatic rings. The van der Waals surface area contributed by atoms with E-state index in [4.69, 9.17) is 14.0 Å². The number of hydrogen-bond donors (Lipinski definition) is 1. The maximum atomic E-state index is 6.19. The van der Waals surface area contributed by atoms with Gasteiger partial charge >= 0.3 is 7.12 Å². The highest BCUT2D eigenvalue weighted by Crippen LogP contribution is 2.42. The minimum Gasteiger partial charge on any atom is -0.453 e. The monoisotopic (exact) mass is 309 g/mol. The summed E-state index contributed by atoms with van der Waals surface area (Å²) < 4.78 is 18.4. The minimum atomic E-state index is -0.420. The van der Waals surface area contributed by atoms with Crippen molar-refractivity contribution in [3.05, 3.63) is 42.5 Å². The van der Waals surface area contributed by atoms with Gasteiger partial charge < -0.3 is 19.4 Å². The van der Waals surface area contributed by atoms with Crippen LogP contribution >= 0.6 is 0 Å². The van der Waals surface area contributed by atoms with Gasteiger partial charge in [0.2, 0.25) is 0 Å². The van der Waals surface area contributed by atoms with Gasteiger partial charge in [0.1, 0.15) is 0 Å². The van der Waals surface area contributed by atoms with Gasteiger partial charge in [0, 0.05) is 5.46 Å². The van der Waals surface area contributed by atoms with Gasteiger partial charge in [-0.15, -0.1) is 0 Å². The number of anilines is 2. The van der Waals surface area contributed by atoms with Crippen molar-refractivity contribution in [2.24, 2.45) is 0 Å². The van der Waals surface area contributed by atoms with Crippen LogP contribution in [0.3, 0.4) is 0 Å². The van der Waals surface area contributed by atoms with Crippen LogP contribution < -0.4 is 15.5 Å². The van der Waals surface area contributed by atoms with Crippen LogP contribution in [0.25, 0.3) is 0 Å². The molecule has 2 aromatic carbocycles. The van der Waals surface area contributed by atoms with E-state index in [0.717, 1.165) is 28.3 Å². The topological polar surface area (TPSA) is 39.7 Å². The van der Waals surface area contributed by atoms with Crippen LogP contribution in [-0.4, -0.2) is 18.3 Å². The Morgan fingerprint density at radius 2 is 1.48 bits per heavy atom. The third kappa shape index (κ3) is 2.23. The van der Waals surface area contributed by atoms with Gasteiger partial charge in [0.05, 0.1) is 22.6 Å². The molecule has 2 aliphatic rings. The van der Waals surface area contributed by atoms with Crippen LogP contribution in [0.15, 0.2) is 42.5 Å². The Morgan fingerprint density at radius 1 is 0.826 bits per heavy atom. The molecule has 0 unspecified atom stereocenters. The van der Waals surface area contributed by atoms with E-state index < -0.39 is 7.12 Å². The lowest BCUT2D eigenvalue weighted by Gasteiger charge is -2.32. The van der Waals surface area contributed by atoms with E-state index >= 15 is 0 Å². The molecule has 1 N–H and O–H groups in total. The molecule has 2 heterocycles. The van der Waals surface area contributed by atoms with E-state index in [1.54, 1.807) is 0 Å². The number of ether oxygens (including phenoxy) is 1. The summed E-state index contributed by atoms with van der Waals surface area (Å²) in [5.74, 6) is 1.61. The maximum absolute atomic E-state index is 6.19. The quantitative estimate of drug-likeness (QED) is 0.693. The number of benzene rings is 2. The zero-order valence-electron chi connectivity index (χ0n) is 13.8. The fourth-order valence-corrected chi connectivity index (χ4v) is 2.85. The van der Waals surface area contributed by atoms with Crippen molar-refractivity contribution < 1.29 is 14.0 Å². The largest absolute Gasteiger partial charge is 0.497 e. The second kappa shape index (κ2) is 4.76. The summed E-state index contributed by atoms with van der Waals surface area (Å²) in [6.45, 7) is 8.23. The zero-order valence-corrected chi connectivity index (χ0v) is 13.8. The molecule has 0 aromatic heterocycles. The molecule has 118 valence electrons. The Morgan fingerprint density at radius 3 is 2.22 bits per heavy atom. The molecule has 2 aliphatic heterocycles. The average Bonchev–Trinajstić information content (AvgIpc) is 2.72. The smallest absolute Gasteiger partial charge is 0.453 e. The first-order valence-electron chi connectivity index (χ1n) is 7.90. The Bertz CT molecular complexity index is 757. The summed E-state index contributed by atoms with van der Waals surface area (Å²) >= 11 is 0. The standard InChI is InChI=1S/C18H20BNO3/c1-17(2)18(3,4)23-19(22-17)12-8-7-11-15-16(12)20-13-9-5-6-10-14(13)21-15/h5-11,20H,1-4H3. The highest BCUT2D eigenvalue weighted by Gasteiger charge is 2.52. The lowest BCUT2D eigenvalue weighted by atomic mass is 9.77. The number of fused-ring (bicyclic) bond motifs is 2. The van der Waals surface area contributed by atoms with Gasteiger partial charge in [0.15, 0.2) is 11.5 Å². The van der Waals surface area contributed by atoms with Crippen LogP contribution in [0.4, 0.5) is 11.4 Å². The second-order valence-electron chi connectivity index (χ2n) is 7.03. The maximum Gasteiger partial charge on any atom is 0.497 e. The normalized spacial score (nSPS) is 20.3. The molecule has 0 aliphatic carbocycles. The third-order valence-corrected chi connectivity index (χ3v) is 4.93. The summed E-state index contributed by atoms with van der Waals surface area (Å²) in [5, 5.41) is 3.46. The van der Waals surface area contributed by atoms with Gasteiger partial charge in [-0.25, -0.2) is 0 Å². The number of para-hydroxylation sites is 3. The molecule has 4 rings (SSSR count). The van der Waals surface area contributed by atoms with Crippen molar-refractivity contribution in [3.8, 4) is 11.5 Å². The lowest BCUT2D eigenvalue weighted by Crippen LogP contribution is -2.41. The second-order valence-corrected chi connectivity index (χ2v) is 7.03. The van der Waals surface area contributed by atoms with Crippen molar-refractivity contribution in [1.29, 1.82) is 0 Å². The molecule has 23 heavy (non-hydrogen) atoms. The highest BCUT2D eigenvalue weighted by atomic mass is 16.7. The van der Waals surface area contributed by atoms with Crippen LogP contribution in [0.2, 0.25) is 0 Å². The highest BCUT2D eigenvalue weighted by molar-refractivity contribution is 6.64. The van der Waals surface area contributed by atoms with Crippen molar-refractivity contribution in [2.45, 2.75) is 38.9 Å². The molecular weight excluding hydrogens is 289 g/mol. The first kappa shape index (κ1) is 14.6. The first-order chi connectivity index (χ1) is 10.9. The van der Waals surface area contributed by atoms with Crippen LogP contribution in [-0.2, 0) is 9.31 Å². The van der Waals surface area contributed by atoms with E-state index in [1.807, 2.05) is 42.5 Å². The molecule has 1 saturated heterocycles. The first-order valence-corrected chi connectivity index (χ1v) is 7.90. The van der Waals surface area contributed by atoms with E-state index in [-0.39, 0.29) is 11.2 Å². The predicted octanol–water partition coefficient (Wildman–Crippen LogP) is 3.84. The molecule has 0 bridgehead atoms. The predicted molar refractivity (Wildman–Crippen MR) is 92.0 cm³/mol. The Kier molecular flexibility index (Phi) is 3.02. The molecule has 5 heteroatoms. The van der Waals surface area contributed by atoms with Crippen LogP contribution in [0.5, 0.6) is 11.5 Å². The van der Waals surface area contributed by atoms with E-state index in [9.17, 15) is 0 Å². The van der Waals surface area contributed by atoms with Crippen LogP contribution in [0, 0.1) is 0 Å². The summed E-state index contributed by atoms with van der Waals surface area (Å²) in [5.41, 5.74) is 2.08. The van der Waals surface area contributed by atoms with Gasteiger partial charge in [-0.2, -0.15) is 0 Å². The fourth-order valence-electron chi connectivity index (χ4n) is 2.85. The molecule has 1 fully saturated rings. The lowest BCUT2D eigenvalue weighted by molar-refractivity contribution is 0.00578.